The quantitative estimate of drug-likeness (QED) is 0.241. The molecule has 7 aromatic rings. The van der Waals surface area contributed by atoms with Gasteiger partial charge in [0.25, 0.3) is 0 Å². The van der Waals surface area contributed by atoms with Crippen molar-refractivity contribution in [2.24, 2.45) is 0 Å². The third-order valence-corrected chi connectivity index (χ3v) is 6.98. The van der Waals surface area contributed by atoms with Crippen LogP contribution in [0.15, 0.2) is 150 Å². The number of fused-ring (bicyclic) bond motifs is 3. The first-order valence-electron chi connectivity index (χ1n) is 12.7. The topological polar surface area (TPSA) is 29.3 Å². The Balaban J connectivity index is 1.34. The molecule has 0 spiro atoms. The lowest BCUT2D eigenvalue weighted by Gasteiger charge is -2.26. The molecule has 0 fully saturated rings. The molecule has 0 bridgehead atoms. The van der Waals surface area contributed by atoms with E-state index in [1.807, 2.05) is 18.2 Å². The van der Waals surface area contributed by atoms with Gasteiger partial charge >= 0.3 is 0 Å². The van der Waals surface area contributed by atoms with Crippen LogP contribution >= 0.6 is 0 Å². The number of benzene rings is 5. The maximum absolute atomic E-state index is 6.18. The Bertz CT molecular complexity index is 1760. The highest BCUT2D eigenvalue weighted by Crippen LogP contribution is 2.39. The van der Waals surface area contributed by atoms with Gasteiger partial charge in [0.1, 0.15) is 5.58 Å². The van der Waals surface area contributed by atoms with Crippen LogP contribution in [0, 0.1) is 0 Å². The van der Waals surface area contributed by atoms with Gasteiger partial charge < -0.3 is 9.32 Å². The van der Waals surface area contributed by atoms with Crippen molar-refractivity contribution in [2.45, 2.75) is 0 Å². The molecule has 5 aromatic carbocycles. The largest absolute Gasteiger partial charge is 0.454 e. The van der Waals surface area contributed by atoms with E-state index < -0.39 is 0 Å². The van der Waals surface area contributed by atoms with Gasteiger partial charge in [0.2, 0.25) is 0 Å². The summed E-state index contributed by atoms with van der Waals surface area (Å²) in [7, 11) is 0. The lowest BCUT2D eigenvalue weighted by molar-refractivity contribution is 0.667. The summed E-state index contributed by atoms with van der Waals surface area (Å²) in [4.78, 5) is 6.50. The second-order valence-corrected chi connectivity index (χ2v) is 9.32. The highest BCUT2D eigenvalue weighted by atomic mass is 16.3. The summed E-state index contributed by atoms with van der Waals surface area (Å²) in [5.41, 5.74) is 9.61. The van der Waals surface area contributed by atoms with Gasteiger partial charge in [-0.25, -0.2) is 0 Å². The molecular formula is C35H24N2O. The highest BCUT2D eigenvalue weighted by molar-refractivity contribution is 6.05. The third kappa shape index (κ3) is 4.00. The molecule has 3 nitrogen and oxygen atoms in total. The van der Waals surface area contributed by atoms with Crippen molar-refractivity contribution in [3.05, 3.63) is 146 Å². The van der Waals surface area contributed by atoms with Gasteiger partial charge in [-0.1, -0.05) is 84.9 Å². The molecule has 0 atom stereocenters. The van der Waals surface area contributed by atoms with Crippen LogP contribution in [0.1, 0.15) is 0 Å². The van der Waals surface area contributed by atoms with E-state index >= 15 is 0 Å². The first-order chi connectivity index (χ1) is 18.8. The van der Waals surface area contributed by atoms with E-state index in [4.69, 9.17) is 4.42 Å². The molecule has 0 saturated heterocycles. The summed E-state index contributed by atoms with van der Waals surface area (Å²) in [6.45, 7) is 0. The molecule has 3 heteroatoms. The zero-order valence-electron chi connectivity index (χ0n) is 20.7. The van der Waals surface area contributed by atoms with E-state index in [-0.39, 0.29) is 0 Å². The second kappa shape index (κ2) is 9.38. The van der Waals surface area contributed by atoms with E-state index in [1.54, 1.807) is 12.4 Å². The molecule has 0 amide bonds. The van der Waals surface area contributed by atoms with Gasteiger partial charge in [-0.15, -0.1) is 0 Å². The number of nitrogens with zero attached hydrogens (tertiary/aromatic N) is 2. The van der Waals surface area contributed by atoms with Gasteiger partial charge in [0.05, 0.1) is 6.20 Å². The minimum atomic E-state index is 0.797. The number of rotatable bonds is 5. The van der Waals surface area contributed by atoms with Crippen molar-refractivity contribution in [1.29, 1.82) is 0 Å². The molecular weight excluding hydrogens is 464 g/mol. The van der Waals surface area contributed by atoms with E-state index in [0.29, 0.717) is 0 Å². The third-order valence-electron chi connectivity index (χ3n) is 6.98. The predicted octanol–water partition coefficient (Wildman–Crippen LogP) is 9.78. The molecule has 0 aliphatic heterocycles. The Morgan fingerprint density at radius 2 is 0.947 bits per heavy atom. The molecule has 0 aliphatic carbocycles. The zero-order chi connectivity index (χ0) is 25.3. The van der Waals surface area contributed by atoms with Crippen LogP contribution < -0.4 is 4.90 Å². The Labute approximate surface area is 221 Å². The van der Waals surface area contributed by atoms with Crippen LogP contribution in [0.5, 0.6) is 0 Å². The fraction of sp³-hybridized carbons (Fsp3) is 0. The van der Waals surface area contributed by atoms with Crippen molar-refractivity contribution in [3.8, 4) is 22.3 Å². The molecule has 7 rings (SSSR count). The number of aromatic nitrogens is 1. The van der Waals surface area contributed by atoms with Gasteiger partial charge in [-0.2, -0.15) is 0 Å². The number of pyridine rings is 1. The monoisotopic (exact) mass is 488 g/mol. The van der Waals surface area contributed by atoms with E-state index in [9.17, 15) is 0 Å². The molecule has 0 saturated carbocycles. The van der Waals surface area contributed by atoms with E-state index in [2.05, 4.69) is 125 Å². The normalized spacial score (nSPS) is 11.2. The lowest BCUT2D eigenvalue weighted by Crippen LogP contribution is -2.09. The van der Waals surface area contributed by atoms with Crippen LogP contribution in [0.3, 0.4) is 0 Å². The fourth-order valence-electron chi connectivity index (χ4n) is 5.07. The van der Waals surface area contributed by atoms with Gasteiger partial charge in [0, 0.05) is 40.1 Å². The van der Waals surface area contributed by atoms with Gasteiger partial charge in [-0.3, -0.25) is 4.98 Å². The summed E-state index contributed by atoms with van der Waals surface area (Å²) in [6, 6.07) is 46.8. The molecule has 0 unspecified atom stereocenters. The molecule has 0 aliphatic rings. The highest BCUT2D eigenvalue weighted by Gasteiger charge is 2.16. The first kappa shape index (κ1) is 22.1. The number of furan rings is 1. The van der Waals surface area contributed by atoms with Crippen LogP contribution in [0.25, 0.3) is 44.2 Å². The maximum atomic E-state index is 6.18. The smallest absolute Gasteiger partial charge is 0.153 e. The SMILES string of the molecule is c1ccc(-c2ccc(N(c3ccc(-c4ccccc4)cc3)c3ccc4c(c3)oc3cnccc34)cc2)cc1. The summed E-state index contributed by atoms with van der Waals surface area (Å²) in [5, 5.41) is 2.16. The average molecular weight is 489 g/mol. The minimum absolute atomic E-state index is 0.797. The van der Waals surface area contributed by atoms with E-state index in [1.165, 1.54) is 22.3 Å². The standard InChI is InChI=1S/C35H24N2O/c1-3-7-25(8-4-1)27-11-15-29(16-12-27)37(30-17-13-28(14-18-30)26-9-5-2-6-10-26)31-19-20-32-33-21-22-36-24-35(33)38-34(32)23-31/h1-24H. The lowest BCUT2D eigenvalue weighted by atomic mass is 10.0. The molecule has 2 aromatic heterocycles. The van der Waals surface area contributed by atoms with E-state index in [0.717, 1.165) is 39.0 Å². The fourth-order valence-corrected chi connectivity index (χ4v) is 5.07. The van der Waals surface area contributed by atoms with Crippen molar-refractivity contribution >= 4 is 39.0 Å². The van der Waals surface area contributed by atoms with Gasteiger partial charge in [0.15, 0.2) is 5.58 Å². The van der Waals surface area contributed by atoms with Crippen molar-refractivity contribution in [3.63, 3.8) is 0 Å². The Kier molecular flexibility index (Phi) is 5.45. The molecule has 0 N–H and O–H groups in total. The zero-order valence-corrected chi connectivity index (χ0v) is 20.7. The van der Waals surface area contributed by atoms with Crippen LogP contribution in [0.2, 0.25) is 0 Å². The number of anilines is 3. The first-order valence-corrected chi connectivity index (χ1v) is 12.7. The molecule has 2 heterocycles. The summed E-state index contributed by atoms with van der Waals surface area (Å²) < 4.78 is 6.18. The summed E-state index contributed by atoms with van der Waals surface area (Å²) in [6.07, 6.45) is 3.58. The minimum Gasteiger partial charge on any atom is -0.454 e. The second-order valence-electron chi connectivity index (χ2n) is 9.32. The Morgan fingerprint density at radius 1 is 0.447 bits per heavy atom. The van der Waals surface area contributed by atoms with Crippen molar-refractivity contribution in [2.75, 3.05) is 4.90 Å². The van der Waals surface area contributed by atoms with Crippen molar-refractivity contribution < 1.29 is 4.42 Å². The van der Waals surface area contributed by atoms with Crippen molar-refractivity contribution in [1.82, 2.24) is 4.98 Å². The van der Waals surface area contributed by atoms with Crippen LogP contribution in [-0.2, 0) is 0 Å². The molecule has 38 heavy (non-hydrogen) atoms. The average Bonchev–Trinajstić information content (AvgIpc) is 3.37. The maximum Gasteiger partial charge on any atom is 0.153 e. The molecule has 0 radical (unpaired) electrons. The number of hydrogen-bond donors (Lipinski definition) is 0. The summed E-state index contributed by atoms with van der Waals surface area (Å²) >= 11 is 0. The van der Waals surface area contributed by atoms with Crippen LogP contribution in [0.4, 0.5) is 17.1 Å². The number of hydrogen-bond acceptors (Lipinski definition) is 3. The summed E-state index contributed by atoms with van der Waals surface area (Å²) in [5.74, 6) is 0. The van der Waals surface area contributed by atoms with Gasteiger partial charge in [-0.05, 0) is 64.7 Å². The molecule has 180 valence electrons. The Hall–Kier alpha value is -5.15. The Morgan fingerprint density at radius 3 is 1.53 bits per heavy atom. The van der Waals surface area contributed by atoms with Crippen LogP contribution in [-0.4, -0.2) is 4.98 Å². The predicted molar refractivity (Wildman–Crippen MR) is 157 cm³/mol.